The summed E-state index contributed by atoms with van der Waals surface area (Å²) in [6.45, 7) is 0. The molecule has 0 atom stereocenters. The van der Waals surface area contributed by atoms with E-state index in [0.717, 1.165) is 6.07 Å². The Kier molecular flexibility index (Phi) is 5.79. The second-order valence-corrected chi connectivity index (χ2v) is 7.62. The van der Waals surface area contributed by atoms with Gasteiger partial charge in [0.2, 0.25) is 0 Å². The molecule has 0 aliphatic carbocycles. The van der Waals surface area contributed by atoms with E-state index in [1.165, 1.54) is 54.7 Å². The average Bonchev–Trinajstić information content (AvgIpc) is 2.70. The van der Waals surface area contributed by atoms with Gasteiger partial charge in [-0.05, 0) is 48.5 Å². The maximum absolute atomic E-state index is 12.3. The fourth-order valence-electron chi connectivity index (χ4n) is 2.37. The minimum atomic E-state index is -3.71. The van der Waals surface area contributed by atoms with Crippen LogP contribution in [0.25, 0.3) is 0 Å². The molecule has 148 valence electrons. The van der Waals surface area contributed by atoms with Crippen molar-refractivity contribution >= 4 is 27.8 Å². The molecule has 0 spiro atoms. The van der Waals surface area contributed by atoms with Gasteiger partial charge in [0.05, 0.1) is 11.1 Å². The van der Waals surface area contributed by atoms with E-state index >= 15 is 0 Å². The number of anilines is 1. The molecule has 0 aliphatic heterocycles. The van der Waals surface area contributed by atoms with Gasteiger partial charge in [0.25, 0.3) is 15.9 Å². The van der Waals surface area contributed by atoms with Crippen molar-refractivity contribution in [3.63, 3.8) is 0 Å². The third-order valence-corrected chi connectivity index (χ3v) is 5.23. The molecular formula is C20H17N3O5S. The summed E-state index contributed by atoms with van der Waals surface area (Å²) in [6.07, 6.45) is 1.23. The number of nitrogens with zero attached hydrogens (tertiary/aromatic N) is 1. The van der Waals surface area contributed by atoms with E-state index in [4.69, 9.17) is 0 Å². The number of phenolic OH excluding ortho intramolecular Hbond substituents is 2. The number of sulfonamides is 1. The maximum atomic E-state index is 12.3. The number of amides is 1. The summed E-state index contributed by atoms with van der Waals surface area (Å²) in [7, 11) is -3.71. The largest absolute Gasteiger partial charge is 0.508 e. The lowest BCUT2D eigenvalue weighted by molar-refractivity contribution is 0.0955. The van der Waals surface area contributed by atoms with E-state index < -0.39 is 15.9 Å². The van der Waals surface area contributed by atoms with Crippen LogP contribution in [0.2, 0.25) is 0 Å². The van der Waals surface area contributed by atoms with E-state index in [-0.39, 0.29) is 22.0 Å². The number of hydrazone groups is 1. The standard InChI is InChI=1S/C20H17N3O5S/c24-17-11-8-15(19(25)12-17)13-21-22-20(26)14-6-9-16(10-7-14)23-29(27,28)18-4-2-1-3-5-18/h1-13,23-25H,(H,22,26). The van der Waals surface area contributed by atoms with E-state index in [0.29, 0.717) is 11.3 Å². The molecule has 0 saturated carbocycles. The van der Waals surface area contributed by atoms with Gasteiger partial charge >= 0.3 is 0 Å². The Morgan fingerprint density at radius 1 is 0.931 bits per heavy atom. The molecule has 3 rings (SSSR count). The van der Waals surface area contributed by atoms with Crippen molar-refractivity contribution in [2.24, 2.45) is 5.10 Å². The Bertz CT molecular complexity index is 1140. The Balaban J connectivity index is 1.63. The number of nitrogens with one attached hydrogen (secondary N) is 2. The lowest BCUT2D eigenvalue weighted by atomic mass is 10.2. The van der Waals surface area contributed by atoms with Gasteiger partial charge in [0.1, 0.15) is 11.5 Å². The van der Waals surface area contributed by atoms with Crippen molar-refractivity contribution < 1.29 is 23.4 Å². The summed E-state index contributed by atoms with van der Waals surface area (Å²) < 4.78 is 27.0. The molecule has 3 aromatic rings. The molecule has 0 radical (unpaired) electrons. The first-order valence-electron chi connectivity index (χ1n) is 8.38. The Hall–Kier alpha value is -3.85. The number of carbonyl (C=O) groups is 1. The Morgan fingerprint density at radius 3 is 2.28 bits per heavy atom. The van der Waals surface area contributed by atoms with Crippen LogP contribution in [-0.2, 0) is 10.0 Å². The topological polar surface area (TPSA) is 128 Å². The minimum absolute atomic E-state index is 0.0911. The number of benzene rings is 3. The van der Waals surface area contributed by atoms with E-state index in [1.54, 1.807) is 18.2 Å². The van der Waals surface area contributed by atoms with Gasteiger partial charge in [-0.3, -0.25) is 9.52 Å². The molecule has 0 unspecified atom stereocenters. The summed E-state index contributed by atoms with van der Waals surface area (Å²) >= 11 is 0. The first-order chi connectivity index (χ1) is 13.8. The fraction of sp³-hybridized carbons (Fsp3) is 0. The third kappa shape index (κ3) is 5.11. The molecular weight excluding hydrogens is 394 g/mol. The van der Waals surface area contributed by atoms with Crippen LogP contribution >= 0.6 is 0 Å². The normalized spacial score (nSPS) is 11.3. The lowest BCUT2D eigenvalue weighted by Gasteiger charge is -2.08. The number of hydrogen-bond acceptors (Lipinski definition) is 6. The SMILES string of the molecule is O=C(NN=Cc1ccc(O)cc1O)c1ccc(NS(=O)(=O)c2ccccc2)cc1. The van der Waals surface area contributed by atoms with E-state index in [9.17, 15) is 23.4 Å². The van der Waals surface area contributed by atoms with Crippen molar-refractivity contribution in [2.75, 3.05) is 4.72 Å². The predicted octanol–water partition coefficient (Wildman–Crippen LogP) is 2.66. The number of phenols is 2. The lowest BCUT2D eigenvalue weighted by Crippen LogP contribution is -2.18. The molecule has 0 fully saturated rings. The highest BCUT2D eigenvalue weighted by molar-refractivity contribution is 7.92. The summed E-state index contributed by atoms with van der Waals surface area (Å²) in [5, 5.41) is 22.7. The summed E-state index contributed by atoms with van der Waals surface area (Å²) in [6, 6.07) is 17.7. The number of hydrogen-bond donors (Lipinski definition) is 4. The fourth-order valence-corrected chi connectivity index (χ4v) is 3.45. The number of carbonyl (C=O) groups excluding carboxylic acids is 1. The molecule has 0 aromatic heterocycles. The van der Waals surface area contributed by atoms with Crippen molar-refractivity contribution in [3.8, 4) is 11.5 Å². The van der Waals surface area contributed by atoms with Crippen LogP contribution in [0.3, 0.4) is 0 Å². The van der Waals surface area contributed by atoms with Crippen LogP contribution in [-0.4, -0.2) is 30.8 Å². The summed E-state index contributed by atoms with van der Waals surface area (Å²) in [5.41, 5.74) is 3.19. The molecule has 8 nitrogen and oxygen atoms in total. The van der Waals surface area contributed by atoms with Crippen LogP contribution in [0, 0.1) is 0 Å². The molecule has 0 heterocycles. The van der Waals surface area contributed by atoms with Crippen LogP contribution in [0.1, 0.15) is 15.9 Å². The first-order valence-corrected chi connectivity index (χ1v) is 9.87. The molecule has 29 heavy (non-hydrogen) atoms. The van der Waals surface area contributed by atoms with Crippen LogP contribution in [0.4, 0.5) is 5.69 Å². The Labute approximate surface area is 167 Å². The van der Waals surface area contributed by atoms with Gasteiger partial charge in [-0.25, -0.2) is 13.8 Å². The van der Waals surface area contributed by atoms with Gasteiger partial charge in [-0.15, -0.1) is 0 Å². The molecule has 4 N–H and O–H groups in total. The van der Waals surface area contributed by atoms with Crippen LogP contribution in [0.15, 0.2) is 82.8 Å². The number of aromatic hydroxyl groups is 2. The minimum Gasteiger partial charge on any atom is -0.508 e. The van der Waals surface area contributed by atoms with E-state index in [2.05, 4.69) is 15.2 Å². The Morgan fingerprint density at radius 2 is 1.62 bits per heavy atom. The zero-order valence-electron chi connectivity index (χ0n) is 15.0. The highest BCUT2D eigenvalue weighted by Gasteiger charge is 2.13. The second kappa shape index (κ2) is 8.44. The molecule has 3 aromatic carbocycles. The van der Waals surface area contributed by atoms with Gasteiger partial charge in [-0.2, -0.15) is 5.10 Å². The summed E-state index contributed by atoms with van der Waals surface area (Å²) in [4.78, 5) is 12.3. The van der Waals surface area contributed by atoms with E-state index in [1.807, 2.05) is 0 Å². The van der Waals surface area contributed by atoms with Gasteiger partial charge in [0.15, 0.2) is 0 Å². The predicted molar refractivity (Wildman–Crippen MR) is 109 cm³/mol. The van der Waals surface area contributed by atoms with Crippen molar-refractivity contribution in [3.05, 3.63) is 83.9 Å². The average molecular weight is 411 g/mol. The molecule has 0 aliphatic rings. The third-order valence-electron chi connectivity index (χ3n) is 3.84. The van der Waals surface area contributed by atoms with Crippen molar-refractivity contribution in [2.45, 2.75) is 4.90 Å². The second-order valence-electron chi connectivity index (χ2n) is 5.94. The zero-order valence-corrected chi connectivity index (χ0v) is 15.8. The number of rotatable bonds is 6. The van der Waals surface area contributed by atoms with Crippen LogP contribution in [0.5, 0.6) is 11.5 Å². The summed E-state index contributed by atoms with van der Waals surface area (Å²) in [5.74, 6) is -0.790. The first kappa shape index (κ1) is 19.9. The molecule has 0 saturated heterocycles. The highest BCUT2D eigenvalue weighted by atomic mass is 32.2. The molecule has 9 heteroatoms. The molecule has 1 amide bonds. The van der Waals surface area contributed by atoms with Crippen molar-refractivity contribution in [1.82, 2.24) is 5.43 Å². The van der Waals surface area contributed by atoms with Crippen molar-refractivity contribution in [1.29, 1.82) is 0 Å². The molecule has 0 bridgehead atoms. The monoisotopic (exact) mass is 411 g/mol. The van der Waals surface area contributed by atoms with Crippen LogP contribution < -0.4 is 10.1 Å². The quantitative estimate of drug-likeness (QED) is 0.366. The van der Waals surface area contributed by atoms with Gasteiger partial charge < -0.3 is 10.2 Å². The van der Waals surface area contributed by atoms with Gasteiger partial charge in [0, 0.05) is 22.9 Å². The maximum Gasteiger partial charge on any atom is 0.271 e. The zero-order chi connectivity index (χ0) is 20.9. The highest BCUT2D eigenvalue weighted by Crippen LogP contribution is 2.21. The van der Waals surface area contributed by atoms with Gasteiger partial charge in [-0.1, -0.05) is 18.2 Å². The smallest absolute Gasteiger partial charge is 0.271 e.